The number of carbonyl (C=O) groups is 1. The zero-order valence-electron chi connectivity index (χ0n) is 16.5. The molecule has 0 spiro atoms. The van der Waals surface area contributed by atoms with Gasteiger partial charge in [0.2, 0.25) is 10.0 Å². The molecule has 0 aliphatic carbocycles. The molecule has 2 heterocycles. The second-order valence-corrected chi connectivity index (χ2v) is 9.70. The van der Waals surface area contributed by atoms with Crippen LogP contribution in [0.1, 0.15) is 48.6 Å². The van der Waals surface area contributed by atoms with E-state index in [-0.39, 0.29) is 11.9 Å². The second-order valence-electron chi connectivity index (χ2n) is 7.63. The third-order valence-electron chi connectivity index (χ3n) is 5.77. The highest BCUT2D eigenvalue weighted by atomic mass is 32.2. The molecule has 3 atom stereocenters. The average Bonchev–Trinajstić information content (AvgIpc) is 3.13. The zero-order valence-corrected chi connectivity index (χ0v) is 17.3. The number of carbonyl (C=O) groups excluding carboxylic acids is 1. The lowest BCUT2D eigenvalue weighted by Crippen LogP contribution is -2.41. The minimum absolute atomic E-state index is 0.0891. The standard InChI is InChI=1S/C22H26N2O4S/c1-16(17-9-11-19(12-10-17)28-20-13-14-23-22(20)25)24-15-5-8-21(29(24,26)27)18-6-3-2-4-7-18/h2-4,6-7,9-12,16,20-21H,5,8,13-15H2,1H3,(H,23,25). The smallest absolute Gasteiger partial charge is 0.261 e. The van der Waals surface area contributed by atoms with E-state index in [2.05, 4.69) is 5.32 Å². The normalized spacial score (nSPS) is 25.3. The molecule has 0 saturated carbocycles. The highest BCUT2D eigenvalue weighted by Crippen LogP contribution is 2.39. The van der Waals surface area contributed by atoms with E-state index in [0.29, 0.717) is 31.7 Å². The first-order valence-corrected chi connectivity index (χ1v) is 11.6. The van der Waals surface area contributed by atoms with Crippen LogP contribution in [0.25, 0.3) is 0 Å². The summed E-state index contributed by atoms with van der Waals surface area (Å²) in [6.45, 7) is 3.08. The van der Waals surface area contributed by atoms with Gasteiger partial charge in [-0.05, 0) is 43.0 Å². The number of ether oxygens (including phenoxy) is 1. The number of benzene rings is 2. The monoisotopic (exact) mass is 414 g/mol. The summed E-state index contributed by atoms with van der Waals surface area (Å²) in [7, 11) is -3.45. The summed E-state index contributed by atoms with van der Waals surface area (Å²) in [6.07, 6.45) is 1.68. The van der Waals surface area contributed by atoms with E-state index in [0.717, 1.165) is 17.5 Å². The molecule has 2 aliphatic rings. The first-order chi connectivity index (χ1) is 14.0. The molecular weight excluding hydrogens is 388 g/mol. The zero-order chi connectivity index (χ0) is 20.4. The summed E-state index contributed by atoms with van der Waals surface area (Å²) in [5.41, 5.74) is 1.76. The molecule has 2 aromatic carbocycles. The van der Waals surface area contributed by atoms with Crippen LogP contribution in [0, 0.1) is 0 Å². The molecule has 4 rings (SSSR count). The van der Waals surface area contributed by atoms with Crippen LogP contribution < -0.4 is 10.1 Å². The Morgan fingerprint density at radius 1 is 1.07 bits per heavy atom. The van der Waals surface area contributed by atoms with Crippen molar-refractivity contribution in [3.8, 4) is 5.75 Å². The maximum atomic E-state index is 13.3. The number of nitrogens with one attached hydrogen (secondary N) is 1. The SMILES string of the molecule is CC(c1ccc(OC2CCNC2=O)cc1)N1CCCC(c2ccccc2)S1(=O)=O. The third-order valence-corrected chi connectivity index (χ3v) is 8.15. The van der Waals surface area contributed by atoms with Crippen LogP contribution in [0.2, 0.25) is 0 Å². The molecule has 2 aromatic rings. The van der Waals surface area contributed by atoms with Gasteiger partial charge in [-0.2, -0.15) is 4.31 Å². The van der Waals surface area contributed by atoms with Crippen molar-refractivity contribution in [3.05, 3.63) is 65.7 Å². The van der Waals surface area contributed by atoms with E-state index in [9.17, 15) is 13.2 Å². The highest BCUT2D eigenvalue weighted by molar-refractivity contribution is 7.89. The minimum Gasteiger partial charge on any atom is -0.481 e. The molecule has 0 radical (unpaired) electrons. The van der Waals surface area contributed by atoms with E-state index in [4.69, 9.17) is 4.74 Å². The Hall–Kier alpha value is -2.38. The molecule has 3 unspecified atom stereocenters. The van der Waals surface area contributed by atoms with Gasteiger partial charge in [0.15, 0.2) is 6.10 Å². The van der Waals surface area contributed by atoms with Gasteiger partial charge in [0, 0.05) is 25.6 Å². The number of hydrogen-bond acceptors (Lipinski definition) is 4. The Bertz CT molecular complexity index is 960. The minimum atomic E-state index is -3.45. The second kappa shape index (κ2) is 8.16. The van der Waals surface area contributed by atoms with Crippen molar-refractivity contribution in [1.29, 1.82) is 0 Å². The molecule has 0 bridgehead atoms. The molecular formula is C22H26N2O4S. The predicted octanol–water partition coefficient (Wildman–Crippen LogP) is 3.18. The lowest BCUT2D eigenvalue weighted by atomic mass is 10.1. The van der Waals surface area contributed by atoms with Crippen LogP contribution in [0.3, 0.4) is 0 Å². The van der Waals surface area contributed by atoms with Crippen molar-refractivity contribution in [1.82, 2.24) is 9.62 Å². The topological polar surface area (TPSA) is 75.7 Å². The van der Waals surface area contributed by atoms with Crippen LogP contribution in [0.5, 0.6) is 5.75 Å². The molecule has 2 saturated heterocycles. The van der Waals surface area contributed by atoms with Crippen molar-refractivity contribution >= 4 is 15.9 Å². The summed E-state index contributed by atoms with van der Waals surface area (Å²) in [5, 5.41) is 2.25. The fourth-order valence-electron chi connectivity index (χ4n) is 4.13. The Labute approximate surface area is 171 Å². The molecule has 2 fully saturated rings. The van der Waals surface area contributed by atoms with Gasteiger partial charge < -0.3 is 10.1 Å². The first-order valence-electron chi connectivity index (χ1n) is 10.1. The lowest BCUT2D eigenvalue weighted by molar-refractivity contribution is -0.124. The molecule has 6 nitrogen and oxygen atoms in total. The van der Waals surface area contributed by atoms with E-state index >= 15 is 0 Å². The van der Waals surface area contributed by atoms with Crippen molar-refractivity contribution in [2.45, 2.75) is 43.6 Å². The van der Waals surface area contributed by atoms with Gasteiger partial charge >= 0.3 is 0 Å². The fourth-order valence-corrected chi connectivity index (χ4v) is 6.37. The first kappa shape index (κ1) is 19.9. The van der Waals surface area contributed by atoms with Crippen molar-refractivity contribution in [2.24, 2.45) is 0 Å². The van der Waals surface area contributed by atoms with Crippen molar-refractivity contribution in [3.63, 3.8) is 0 Å². The largest absolute Gasteiger partial charge is 0.481 e. The van der Waals surface area contributed by atoms with Crippen LogP contribution in [0.4, 0.5) is 0 Å². The molecule has 1 N–H and O–H groups in total. The Balaban J connectivity index is 1.51. The predicted molar refractivity (Wildman–Crippen MR) is 111 cm³/mol. The third kappa shape index (κ3) is 4.02. The summed E-state index contributed by atoms with van der Waals surface area (Å²) < 4.78 is 34.0. The molecule has 1 amide bonds. The Morgan fingerprint density at radius 3 is 2.45 bits per heavy atom. The lowest BCUT2D eigenvalue weighted by Gasteiger charge is -2.36. The molecule has 7 heteroatoms. The van der Waals surface area contributed by atoms with Gasteiger partial charge in [-0.3, -0.25) is 4.79 Å². The molecule has 2 aliphatic heterocycles. The van der Waals surface area contributed by atoms with Gasteiger partial charge in [-0.25, -0.2) is 8.42 Å². The number of rotatable bonds is 5. The molecule has 154 valence electrons. The molecule has 29 heavy (non-hydrogen) atoms. The number of nitrogens with zero attached hydrogens (tertiary/aromatic N) is 1. The van der Waals surface area contributed by atoms with Crippen LogP contribution in [-0.4, -0.2) is 37.8 Å². The van der Waals surface area contributed by atoms with E-state index in [1.54, 1.807) is 4.31 Å². The Kier molecular flexibility index (Phi) is 5.61. The Morgan fingerprint density at radius 2 is 1.79 bits per heavy atom. The van der Waals surface area contributed by atoms with Crippen LogP contribution in [-0.2, 0) is 14.8 Å². The quantitative estimate of drug-likeness (QED) is 0.815. The van der Waals surface area contributed by atoms with Crippen molar-refractivity contribution < 1.29 is 17.9 Å². The molecule has 0 aromatic heterocycles. The average molecular weight is 415 g/mol. The summed E-state index contributed by atoms with van der Waals surface area (Å²) in [6, 6.07) is 16.6. The van der Waals surface area contributed by atoms with E-state index in [1.807, 2.05) is 61.5 Å². The highest BCUT2D eigenvalue weighted by Gasteiger charge is 2.39. The fraction of sp³-hybridized carbons (Fsp3) is 0.409. The van der Waals surface area contributed by atoms with Gasteiger partial charge in [0.1, 0.15) is 11.0 Å². The van der Waals surface area contributed by atoms with E-state index < -0.39 is 21.4 Å². The summed E-state index contributed by atoms with van der Waals surface area (Å²) in [5.74, 6) is 0.528. The number of hydrogen-bond donors (Lipinski definition) is 1. The number of amides is 1. The van der Waals surface area contributed by atoms with E-state index in [1.165, 1.54) is 0 Å². The van der Waals surface area contributed by atoms with Crippen LogP contribution >= 0.6 is 0 Å². The maximum absolute atomic E-state index is 13.3. The van der Waals surface area contributed by atoms with Gasteiger partial charge in [-0.1, -0.05) is 42.5 Å². The van der Waals surface area contributed by atoms with Gasteiger partial charge in [0.05, 0.1) is 0 Å². The van der Waals surface area contributed by atoms with Crippen molar-refractivity contribution in [2.75, 3.05) is 13.1 Å². The maximum Gasteiger partial charge on any atom is 0.261 e. The summed E-state index contributed by atoms with van der Waals surface area (Å²) >= 11 is 0. The summed E-state index contributed by atoms with van der Waals surface area (Å²) in [4.78, 5) is 11.7. The van der Waals surface area contributed by atoms with Gasteiger partial charge in [-0.15, -0.1) is 0 Å². The number of sulfonamides is 1. The van der Waals surface area contributed by atoms with Crippen LogP contribution in [0.15, 0.2) is 54.6 Å². The van der Waals surface area contributed by atoms with Gasteiger partial charge in [0.25, 0.3) is 5.91 Å².